The highest BCUT2D eigenvalue weighted by atomic mass is 35.5. The summed E-state index contributed by atoms with van der Waals surface area (Å²) >= 11 is 7.86. The predicted molar refractivity (Wildman–Crippen MR) is 143 cm³/mol. The summed E-state index contributed by atoms with van der Waals surface area (Å²) in [6.45, 7) is 3.55. The molecule has 4 rings (SSSR count). The normalized spacial score (nSPS) is 18.9. The Balaban J connectivity index is 1.21. The number of aliphatic hydroxyl groups is 1. The van der Waals surface area contributed by atoms with Crippen molar-refractivity contribution in [3.05, 3.63) is 65.3 Å². The molecule has 0 aliphatic carbocycles. The van der Waals surface area contributed by atoms with Crippen molar-refractivity contribution < 1.29 is 9.84 Å². The van der Waals surface area contributed by atoms with Gasteiger partial charge >= 0.3 is 0 Å². The number of rotatable bonds is 11. The first-order chi connectivity index (χ1) is 16.7. The smallest absolute Gasteiger partial charge is 0.119 e. The zero-order chi connectivity index (χ0) is 23.8. The van der Waals surface area contributed by atoms with Crippen LogP contribution in [0.25, 0.3) is 10.9 Å². The van der Waals surface area contributed by atoms with E-state index >= 15 is 0 Å². The molecule has 34 heavy (non-hydrogen) atoms. The lowest BCUT2D eigenvalue weighted by molar-refractivity contribution is 0.0677. The van der Waals surface area contributed by atoms with Crippen LogP contribution in [0.15, 0.2) is 59.6 Å². The van der Waals surface area contributed by atoms with Gasteiger partial charge in [0.05, 0.1) is 12.6 Å². The Labute approximate surface area is 212 Å². The second kappa shape index (κ2) is 12.8. The first kappa shape index (κ1) is 25.3. The number of likely N-dealkylation sites (tertiary alicyclic amines) is 1. The molecule has 1 aromatic heterocycles. The summed E-state index contributed by atoms with van der Waals surface area (Å²) < 4.78 is 5.41. The van der Waals surface area contributed by atoms with Gasteiger partial charge in [0.25, 0.3) is 0 Å². The summed E-state index contributed by atoms with van der Waals surface area (Å²) in [5.41, 5.74) is 2.36. The average Bonchev–Trinajstić information content (AvgIpc) is 2.88. The average molecular weight is 499 g/mol. The lowest BCUT2D eigenvalue weighted by Gasteiger charge is -2.38. The first-order valence-electron chi connectivity index (χ1n) is 12.3. The molecule has 0 amide bonds. The maximum absolute atomic E-state index is 10.1. The minimum atomic E-state index is 0.288. The quantitative estimate of drug-likeness (QED) is 0.247. The second-order valence-corrected chi connectivity index (χ2v) is 10.8. The fourth-order valence-corrected chi connectivity index (χ4v) is 6.00. The van der Waals surface area contributed by atoms with Gasteiger partial charge in [-0.3, -0.25) is 4.98 Å². The lowest BCUT2D eigenvalue weighted by Crippen LogP contribution is -2.42. The van der Waals surface area contributed by atoms with E-state index in [1.807, 2.05) is 42.2 Å². The molecule has 4 nitrogen and oxygen atoms in total. The van der Waals surface area contributed by atoms with Crippen molar-refractivity contribution in [1.82, 2.24) is 9.88 Å². The maximum atomic E-state index is 10.1. The monoisotopic (exact) mass is 498 g/mol. The Morgan fingerprint density at radius 1 is 1.12 bits per heavy atom. The number of hydrogen-bond acceptors (Lipinski definition) is 5. The number of benzene rings is 2. The van der Waals surface area contributed by atoms with E-state index in [0.717, 1.165) is 60.9 Å². The molecule has 0 bridgehead atoms. The van der Waals surface area contributed by atoms with E-state index in [1.54, 1.807) is 7.11 Å². The third-order valence-electron chi connectivity index (χ3n) is 6.97. The van der Waals surface area contributed by atoms with Gasteiger partial charge in [-0.15, -0.1) is 11.8 Å². The molecule has 0 radical (unpaired) electrons. The molecule has 1 aliphatic heterocycles. The van der Waals surface area contributed by atoms with Crippen molar-refractivity contribution in [1.29, 1.82) is 0 Å². The molecular weight excluding hydrogens is 464 g/mol. The minimum Gasteiger partial charge on any atom is -0.497 e. The minimum absolute atomic E-state index is 0.288. The van der Waals surface area contributed by atoms with Crippen LogP contribution >= 0.6 is 23.4 Å². The third kappa shape index (κ3) is 6.88. The molecule has 1 saturated heterocycles. The summed E-state index contributed by atoms with van der Waals surface area (Å²) in [5, 5.41) is 12.0. The largest absolute Gasteiger partial charge is 0.497 e. The van der Waals surface area contributed by atoms with Crippen LogP contribution in [0, 0.1) is 11.8 Å². The maximum Gasteiger partial charge on any atom is 0.119 e. The molecule has 182 valence electrons. The van der Waals surface area contributed by atoms with Gasteiger partial charge in [0.15, 0.2) is 0 Å². The molecule has 1 fully saturated rings. The lowest BCUT2D eigenvalue weighted by atomic mass is 9.82. The van der Waals surface area contributed by atoms with E-state index in [-0.39, 0.29) is 6.61 Å². The van der Waals surface area contributed by atoms with Gasteiger partial charge in [0.2, 0.25) is 0 Å². The zero-order valence-corrected chi connectivity index (χ0v) is 21.5. The van der Waals surface area contributed by atoms with Gasteiger partial charge in [0.1, 0.15) is 5.75 Å². The number of thioether (sulfide) groups is 1. The summed E-state index contributed by atoms with van der Waals surface area (Å²) in [6.07, 6.45) is 7.58. The molecule has 3 aromatic rings. The van der Waals surface area contributed by atoms with Crippen molar-refractivity contribution in [2.75, 3.05) is 39.1 Å². The number of aryl methyl sites for hydroxylation is 1. The Hall–Kier alpha value is -1.79. The Morgan fingerprint density at radius 2 is 1.97 bits per heavy atom. The number of ether oxygens (including phenoxy) is 1. The number of halogens is 1. The highest BCUT2D eigenvalue weighted by molar-refractivity contribution is 7.99. The van der Waals surface area contributed by atoms with E-state index in [2.05, 4.69) is 34.1 Å². The highest BCUT2D eigenvalue weighted by Gasteiger charge is 2.28. The van der Waals surface area contributed by atoms with Crippen molar-refractivity contribution >= 4 is 34.3 Å². The van der Waals surface area contributed by atoms with Gasteiger partial charge < -0.3 is 14.7 Å². The molecule has 1 N–H and O–H groups in total. The van der Waals surface area contributed by atoms with Gasteiger partial charge in [-0.05, 0) is 117 Å². The second-order valence-electron chi connectivity index (χ2n) is 9.19. The van der Waals surface area contributed by atoms with Crippen molar-refractivity contribution in [3.8, 4) is 5.75 Å². The molecule has 2 aromatic carbocycles. The number of nitrogens with zero attached hydrogens (tertiary/aromatic N) is 2. The first-order valence-corrected chi connectivity index (χ1v) is 13.7. The number of aromatic nitrogens is 1. The standard InChI is InChI=1S/C28H35ClN2O2S/c1-33-25-8-11-28-27(18-25)22(12-14-30-28)5-2-4-21-13-16-31(19-23(21)20-32)15-3-17-34-26-9-6-24(29)7-10-26/h6-12,14,18,21,23,32H,2-5,13,15-17,19-20H2,1H3/t21-,23-/m1/s1. The van der Waals surface area contributed by atoms with Crippen LogP contribution in [0.3, 0.4) is 0 Å². The number of hydrogen-bond donors (Lipinski definition) is 1. The summed E-state index contributed by atoms with van der Waals surface area (Å²) in [4.78, 5) is 8.32. The summed E-state index contributed by atoms with van der Waals surface area (Å²) in [7, 11) is 1.71. The summed E-state index contributed by atoms with van der Waals surface area (Å²) in [6, 6.07) is 16.3. The Bertz CT molecular complexity index is 1050. The van der Waals surface area contributed by atoms with E-state index in [4.69, 9.17) is 16.3 Å². The third-order valence-corrected chi connectivity index (χ3v) is 8.32. The molecule has 0 spiro atoms. The van der Waals surface area contributed by atoms with Gasteiger partial charge in [-0.25, -0.2) is 0 Å². The SMILES string of the molecule is COc1ccc2nccc(CCC[C@@H]3CCN(CCCSc4ccc(Cl)cc4)C[C@@H]3CO)c2c1. The van der Waals surface area contributed by atoms with E-state index in [1.165, 1.54) is 28.7 Å². The van der Waals surface area contributed by atoms with E-state index < -0.39 is 0 Å². The number of aliphatic hydroxyl groups excluding tert-OH is 1. The van der Waals surface area contributed by atoms with Crippen molar-refractivity contribution in [3.63, 3.8) is 0 Å². The van der Waals surface area contributed by atoms with Crippen LogP contribution in [-0.4, -0.2) is 54.1 Å². The predicted octanol–water partition coefficient (Wildman–Crippen LogP) is 6.33. The number of pyridine rings is 1. The van der Waals surface area contributed by atoms with Crippen LogP contribution in [0.4, 0.5) is 0 Å². The molecule has 2 heterocycles. The number of fused-ring (bicyclic) bond motifs is 1. The van der Waals surface area contributed by atoms with Crippen LogP contribution in [0.5, 0.6) is 5.75 Å². The van der Waals surface area contributed by atoms with E-state index in [9.17, 15) is 5.11 Å². The summed E-state index contributed by atoms with van der Waals surface area (Å²) in [5.74, 6) is 2.97. The molecular formula is C28H35ClN2O2S. The van der Waals surface area contributed by atoms with Crippen LogP contribution in [-0.2, 0) is 6.42 Å². The fraction of sp³-hybridized carbons (Fsp3) is 0.464. The van der Waals surface area contributed by atoms with Crippen LogP contribution < -0.4 is 4.74 Å². The molecule has 1 aliphatic rings. The van der Waals surface area contributed by atoms with E-state index in [0.29, 0.717) is 11.8 Å². The molecule has 0 unspecified atom stereocenters. The Morgan fingerprint density at radius 3 is 2.76 bits per heavy atom. The fourth-order valence-electron chi connectivity index (χ4n) is 5.04. The number of methoxy groups -OCH3 is 1. The highest BCUT2D eigenvalue weighted by Crippen LogP contribution is 2.30. The van der Waals surface area contributed by atoms with Gasteiger partial charge in [-0.1, -0.05) is 11.6 Å². The van der Waals surface area contributed by atoms with Gasteiger partial charge in [0, 0.05) is 34.7 Å². The number of piperidine rings is 1. The van der Waals surface area contributed by atoms with Crippen molar-refractivity contribution in [2.24, 2.45) is 11.8 Å². The molecule has 0 saturated carbocycles. The Kier molecular flexibility index (Phi) is 9.51. The topological polar surface area (TPSA) is 45.6 Å². The zero-order valence-electron chi connectivity index (χ0n) is 20.0. The van der Waals surface area contributed by atoms with Crippen LogP contribution in [0.1, 0.15) is 31.2 Å². The van der Waals surface area contributed by atoms with Gasteiger partial charge in [-0.2, -0.15) is 0 Å². The van der Waals surface area contributed by atoms with Crippen LogP contribution in [0.2, 0.25) is 5.02 Å². The molecule has 2 atom stereocenters. The molecule has 6 heteroatoms. The van der Waals surface area contributed by atoms with Crippen molar-refractivity contribution in [2.45, 2.75) is 37.0 Å².